The fourth-order valence-electron chi connectivity index (χ4n) is 3.68. The van der Waals surface area contributed by atoms with E-state index in [0.29, 0.717) is 5.75 Å². The van der Waals surface area contributed by atoms with E-state index in [1.807, 2.05) is 30.0 Å². The molecule has 1 aliphatic heterocycles. The molecule has 5 heteroatoms. The summed E-state index contributed by atoms with van der Waals surface area (Å²) in [6.45, 7) is 3.64. The topological polar surface area (TPSA) is 42.7 Å². The van der Waals surface area contributed by atoms with Crippen LogP contribution in [0.25, 0.3) is 27.7 Å². The Morgan fingerprint density at radius 1 is 1.18 bits per heavy atom. The number of hydrogen-bond donors (Lipinski definition) is 0. The number of carbonyl (C=O) groups excluding carboxylic acids is 1. The summed E-state index contributed by atoms with van der Waals surface area (Å²) in [5, 5.41) is 1.000. The summed E-state index contributed by atoms with van der Waals surface area (Å²) in [6.07, 6.45) is 5.65. The summed E-state index contributed by atoms with van der Waals surface area (Å²) in [6, 6.07) is 12.1. The monoisotopic (exact) mass is 439 g/mol. The van der Waals surface area contributed by atoms with Gasteiger partial charge in [0.15, 0.2) is 0 Å². The molecule has 4 rings (SSSR count). The van der Waals surface area contributed by atoms with E-state index in [1.54, 1.807) is 19.4 Å². The average molecular weight is 440 g/mol. The Labute approximate surface area is 172 Å². The standard InChI is InChI=1S/C23H22BrNO3/c1-15(11-23(26)25-9-3-4-10-25)18-12-19-20(16-5-7-17(24)8-6-16)14-28-22(19)13-21(18)27-2/h5-8,11-14H,3-4,9-10H2,1-2H3/b15-11+. The summed E-state index contributed by atoms with van der Waals surface area (Å²) < 4.78 is 12.4. The molecule has 0 atom stereocenters. The summed E-state index contributed by atoms with van der Waals surface area (Å²) in [4.78, 5) is 14.5. The van der Waals surface area contributed by atoms with E-state index in [1.165, 1.54) is 0 Å². The smallest absolute Gasteiger partial charge is 0.246 e. The lowest BCUT2D eigenvalue weighted by atomic mass is 9.99. The van der Waals surface area contributed by atoms with Crippen LogP contribution in [0.15, 0.2) is 57.6 Å². The molecule has 1 aliphatic rings. The van der Waals surface area contributed by atoms with Gasteiger partial charge in [0.25, 0.3) is 0 Å². The first kappa shape index (κ1) is 18.8. The molecule has 0 radical (unpaired) electrons. The summed E-state index contributed by atoms with van der Waals surface area (Å²) in [7, 11) is 1.64. The normalized spacial score (nSPS) is 14.7. The number of furan rings is 1. The van der Waals surface area contributed by atoms with E-state index in [4.69, 9.17) is 9.15 Å². The Morgan fingerprint density at radius 2 is 1.89 bits per heavy atom. The van der Waals surface area contributed by atoms with Crippen molar-refractivity contribution in [3.63, 3.8) is 0 Å². The number of carbonyl (C=O) groups is 1. The van der Waals surface area contributed by atoms with Crippen molar-refractivity contribution >= 4 is 38.4 Å². The molecule has 2 aromatic carbocycles. The van der Waals surface area contributed by atoms with Crippen molar-refractivity contribution in [3.05, 3.63) is 58.8 Å². The first-order valence-corrected chi connectivity index (χ1v) is 10.2. The number of likely N-dealkylation sites (tertiary alicyclic amines) is 1. The van der Waals surface area contributed by atoms with Gasteiger partial charge in [-0.05, 0) is 49.1 Å². The maximum Gasteiger partial charge on any atom is 0.246 e. The zero-order chi connectivity index (χ0) is 19.7. The molecule has 1 amide bonds. The van der Waals surface area contributed by atoms with Crippen molar-refractivity contribution in [1.29, 1.82) is 0 Å². The van der Waals surface area contributed by atoms with E-state index in [2.05, 4.69) is 34.1 Å². The summed E-state index contributed by atoms with van der Waals surface area (Å²) in [5.74, 6) is 0.768. The van der Waals surface area contributed by atoms with Gasteiger partial charge in [-0.2, -0.15) is 0 Å². The predicted octanol–water partition coefficient (Wildman–Crippen LogP) is 5.90. The second-order valence-electron chi connectivity index (χ2n) is 7.06. The highest BCUT2D eigenvalue weighted by molar-refractivity contribution is 9.10. The van der Waals surface area contributed by atoms with Crippen LogP contribution in [0.2, 0.25) is 0 Å². The number of fused-ring (bicyclic) bond motifs is 1. The number of rotatable bonds is 4. The Morgan fingerprint density at radius 3 is 2.57 bits per heavy atom. The van der Waals surface area contributed by atoms with Crippen LogP contribution in [-0.2, 0) is 4.79 Å². The van der Waals surface area contributed by atoms with Gasteiger partial charge in [-0.3, -0.25) is 4.79 Å². The summed E-state index contributed by atoms with van der Waals surface area (Å²) >= 11 is 3.48. The molecule has 0 aliphatic carbocycles. The van der Waals surface area contributed by atoms with Crippen LogP contribution >= 0.6 is 15.9 Å². The first-order valence-electron chi connectivity index (χ1n) is 9.39. The quantitative estimate of drug-likeness (QED) is 0.475. The maximum atomic E-state index is 12.5. The minimum Gasteiger partial charge on any atom is -0.496 e. The third-order valence-corrected chi connectivity index (χ3v) is 5.76. The molecule has 0 spiro atoms. The van der Waals surface area contributed by atoms with E-state index in [9.17, 15) is 4.79 Å². The van der Waals surface area contributed by atoms with Crippen LogP contribution in [0, 0.1) is 0 Å². The van der Waals surface area contributed by atoms with E-state index in [0.717, 1.165) is 63.6 Å². The molecule has 144 valence electrons. The molecule has 3 aromatic rings. The van der Waals surface area contributed by atoms with E-state index in [-0.39, 0.29) is 5.91 Å². The predicted molar refractivity (Wildman–Crippen MR) is 115 cm³/mol. The summed E-state index contributed by atoms with van der Waals surface area (Å²) in [5.41, 5.74) is 4.65. The fraction of sp³-hybridized carbons (Fsp3) is 0.261. The number of halogens is 1. The zero-order valence-corrected chi connectivity index (χ0v) is 17.6. The van der Waals surface area contributed by atoms with E-state index >= 15 is 0 Å². The Balaban J connectivity index is 1.77. The Kier molecular flexibility index (Phi) is 5.27. The number of allylic oxidation sites excluding steroid dienone is 1. The van der Waals surface area contributed by atoms with Gasteiger partial charge in [0, 0.05) is 46.2 Å². The number of nitrogens with zero attached hydrogens (tertiary/aromatic N) is 1. The van der Waals surface area contributed by atoms with Gasteiger partial charge in [0.2, 0.25) is 5.91 Å². The highest BCUT2D eigenvalue weighted by atomic mass is 79.9. The largest absolute Gasteiger partial charge is 0.496 e. The van der Waals surface area contributed by atoms with Gasteiger partial charge in [0.1, 0.15) is 11.3 Å². The van der Waals surface area contributed by atoms with Crippen LogP contribution < -0.4 is 4.74 Å². The number of ether oxygens (including phenoxy) is 1. The van der Waals surface area contributed by atoms with Gasteiger partial charge < -0.3 is 14.1 Å². The van der Waals surface area contributed by atoms with Crippen LogP contribution in [0.4, 0.5) is 0 Å². The van der Waals surface area contributed by atoms with Crippen molar-refractivity contribution in [2.45, 2.75) is 19.8 Å². The third kappa shape index (κ3) is 3.59. The Hall–Kier alpha value is -2.53. The molecule has 1 saturated heterocycles. The lowest BCUT2D eigenvalue weighted by Gasteiger charge is -2.14. The van der Waals surface area contributed by atoms with Crippen LogP contribution in [-0.4, -0.2) is 31.0 Å². The molecular weight excluding hydrogens is 418 g/mol. The molecule has 1 fully saturated rings. The molecule has 0 saturated carbocycles. The van der Waals surface area contributed by atoms with E-state index < -0.39 is 0 Å². The van der Waals surface area contributed by atoms with Crippen LogP contribution in [0.1, 0.15) is 25.3 Å². The van der Waals surface area contributed by atoms with Crippen molar-refractivity contribution < 1.29 is 13.9 Å². The fourth-order valence-corrected chi connectivity index (χ4v) is 3.94. The minimum absolute atomic E-state index is 0.0671. The maximum absolute atomic E-state index is 12.5. The SMILES string of the molecule is COc1cc2occ(-c3ccc(Br)cc3)c2cc1/C(C)=C/C(=O)N1CCCC1. The number of amides is 1. The van der Waals surface area contributed by atoms with Crippen molar-refractivity contribution in [2.75, 3.05) is 20.2 Å². The Bertz CT molecular complexity index is 1040. The lowest BCUT2D eigenvalue weighted by molar-refractivity contribution is -0.124. The molecule has 1 aromatic heterocycles. The van der Waals surface area contributed by atoms with Gasteiger partial charge in [-0.25, -0.2) is 0 Å². The highest BCUT2D eigenvalue weighted by Crippen LogP contribution is 2.37. The lowest BCUT2D eigenvalue weighted by Crippen LogP contribution is -2.25. The van der Waals surface area contributed by atoms with Crippen molar-refractivity contribution in [2.24, 2.45) is 0 Å². The molecule has 28 heavy (non-hydrogen) atoms. The number of benzene rings is 2. The molecule has 2 heterocycles. The third-order valence-electron chi connectivity index (χ3n) is 5.23. The van der Waals surface area contributed by atoms with Crippen LogP contribution in [0.3, 0.4) is 0 Å². The van der Waals surface area contributed by atoms with Crippen molar-refractivity contribution in [3.8, 4) is 16.9 Å². The highest BCUT2D eigenvalue weighted by Gasteiger charge is 2.18. The second kappa shape index (κ2) is 7.84. The molecular formula is C23H22BrNO3. The van der Waals surface area contributed by atoms with Crippen molar-refractivity contribution in [1.82, 2.24) is 4.90 Å². The van der Waals surface area contributed by atoms with Gasteiger partial charge in [-0.15, -0.1) is 0 Å². The molecule has 4 nitrogen and oxygen atoms in total. The van der Waals surface area contributed by atoms with Gasteiger partial charge >= 0.3 is 0 Å². The second-order valence-corrected chi connectivity index (χ2v) is 7.98. The first-order chi connectivity index (χ1) is 13.6. The minimum atomic E-state index is 0.0671. The van der Waals surface area contributed by atoms with Crippen LogP contribution in [0.5, 0.6) is 5.75 Å². The molecule has 0 unspecified atom stereocenters. The molecule has 0 bridgehead atoms. The van der Waals surface area contributed by atoms with Gasteiger partial charge in [-0.1, -0.05) is 28.1 Å². The number of methoxy groups -OCH3 is 1. The zero-order valence-electron chi connectivity index (χ0n) is 16.0. The molecule has 0 N–H and O–H groups in total. The average Bonchev–Trinajstić information content (AvgIpc) is 3.37. The van der Waals surface area contributed by atoms with Gasteiger partial charge in [0.05, 0.1) is 13.4 Å². The number of hydrogen-bond acceptors (Lipinski definition) is 3.